The fourth-order valence-electron chi connectivity index (χ4n) is 1.98. The molecule has 1 aliphatic rings. The normalized spacial score (nSPS) is 18.8. The van der Waals surface area contributed by atoms with E-state index in [1.54, 1.807) is 13.0 Å². The molecule has 2 unspecified atom stereocenters. The van der Waals surface area contributed by atoms with Crippen molar-refractivity contribution < 1.29 is 14.4 Å². The quantitative estimate of drug-likeness (QED) is 0.867. The molecular formula is C15H20ClN3O3S. The maximum absolute atomic E-state index is 12.2. The number of halogens is 1. The van der Waals surface area contributed by atoms with Gasteiger partial charge in [0, 0.05) is 12.0 Å². The molecule has 2 amide bonds. The summed E-state index contributed by atoms with van der Waals surface area (Å²) in [6.07, 6.45) is -0.369. The third kappa shape index (κ3) is 4.94. The zero-order valence-corrected chi connectivity index (χ0v) is 15.0. The Morgan fingerprint density at radius 3 is 2.70 bits per heavy atom. The number of hydrogen-bond donors (Lipinski definition) is 2. The van der Waals surface area contributed by atoms with Crippen LogP contribution < -0.4 is 10.6 Å². The minimum absolute atomic E-state index is 0.241. The summed E-state index contributed by atoms with van der Waals surface area (Å²) >= 11 is 7.28. The minimum atomic E-state index is -0.726. The van der Waals surface area contributed by atoms with Crippen LogP contribution in [-0.4, -0.2) is 35.2 Å². The van der Waals surface area contributed by atoms with Crippen molar-refractivity contribution in [2.75, 3.05) is 0 Å². The number of thiophene rings is 1. The van der Waals surface area contributed by atoms with Gasteiger partial charge in [-0.1, -0.05) is 16.8 Å². The average Bonchev–Trinajstić information content (AvgIpc) is 3.04. The predicted octanol–water partition coefficient (Wildman–Crippen LogP) is 2.31. The molecule has 0 fully saturated rings. The van der Waals surface area contributed by atoms with E-state index in [1.165, 1.54) is 11.3 Å². The highest BCUT2D eigenvalue weighted by Crippen LogP contribution is 2.26. The number of amides is 2. The summed E-state index contributed by atoms with van der Waals surface area (Å²) in [5, 5.41) is 9.41. The lowest BCUT2D eigenvalue weighted by molar-refractivity contribution is -0.135. The van der Waals surface area contributed by atoms with Crippen molar-refractivity contribution in [2.24, 2.45) is 5.16 Å². The van der Waals surface area contributed by atoms with Gasteiger partial charge in [-0.3, -0.25) is 9.59 Å². The van der Waals surface area contributed by atoms with Crippen LogP contribution in [0.4, 0.5) is 0 Å². The van der Waals surface area contributed by atoms with Crippen LogP contribution in [-0.2, 0) is 14.4 Å². The highest BCUT2D eigenvalue weighted by atomic mass is 35.5. The summed E-state index contributed by atoms with van der Waals surface area (Å²) in [5.74, 6) is -0.599. The van der Waals surface area contributed by atoms with Crippen molar-refractivity contribution in [2.45, 2.75) is 51.8 Å². The largest absolute Gasteiger partial charge is 0.382 e. The lowest BCUT2D eigenvalue weighted by Crippen LogP contribution is -2.52. The van der Waals surface area contributed by atoms with E-state index in [-0.39, 0.29) is 17.4 Å². The molecule has 1 aliphatic heterocycles. The van der Waals surface area contributed by atoms with Crippen LogP contribution in [0.2, 0.25) is 4.34 Å². The fourth-order valence-corrected chi connectivity index (χ4v) is 3.02. The number of carbonyl (C=O) groups is 2. The maximum atomic E-state index is 12.2. The second-order valence-corrected chi connectivity index (χ2v) is 8.12. The molecule has 23 heavy (non-hydrogen) atoms. The van der Waals surface area contributed by atoms with Crippen molar-refractivity contribution >= 4 is 40.5 Å². The molecule has 0 spiro atoms. The van der Waals surface area contributed by atoms with Gasteiger partial charge in [-0.2, -0.15) is 0 Å². The van der Waals surface area contributed by atoms with Crippen LogP contribution in [0.15, 0.2) is 17.3 Å². The molecule has 0 radical (unpaired) electrons. The van der Waals surface area contributed by atoms with Gasteiger partial charge in [0.25, 0.3) is 5.91 Å². The Balaban J connectivity index is 1.87. The van der Waals surface area contributed by atoms with E-state index < -0.39 is 12.1 Å². The molecule has 0 bridgehead atoms. The first kappa shape index (κ1) is 17.7. The maximum Gasteiger partial charge on any atom is 0.264 e. The number of carbonyl (C=O) groups excluding carboxylic acids is 2. The zero-order valence-electron chi connectivity index (χ0n) is 13.5. The SMILES string of the molecule is CC(NC(=O)C1CC(c2ccc(Cl)s2)=NO1)C(=O)NC(C)(C)C. The molecule has 2 heterocycles. The first-order chi connectivity index (χ1) is 10.7. The van der Waals surface area contributed by atoms with Crippen LogP contribution in [0.3, 0.4) is 0 Å². The molecule has 2 N–H and O–H groups in total. The standard InChI is InChI=1S/C15H20ClN3O3S/c1-8(13(20)18-15(2,3)4)17-14(21)10-7-9(19-22-10)11-5-6-12(16)23-11/h5-6,8,10H,7H2,1-4H3,(H,17,21)(H,18,20). The molecule has 2 rings (SSSR count). The van der Waals surface area contributed by atoms with E-state index in [2.05, 4.69) is 15.8 Å². The molecule has 0 aliphatic carbocycles. The average molecular weight is 358 g/mol. The van der Waals surface area contributed by atoms with E-state index in [0.717, 1.165) is 4.88 Å². The van der Waals surface area contributed by atoms with Gasteiger partial charge in [-0.25, -0.2) is 0 Å². The highest BCUT2D eigenvalue weighted by Gasteiger charge is 2.31. The van der Waals surface area contributed by atoms with E-state index >= 15 is 0 Å². The van der Waals surface area contributed by atoms with Gasteiger partial charge in [0.2, 0.25) is 12.0 Å². The Morgan fingerprint density at radius 1 is 1.43 bits per heavy atom. The van der Waals surface area contributed by atoms with Crippen molar-refractivity contribution in [1.82, 2.24) is 10.6 Å². The molecule has 0 saturated carbocycles. The van der Waals surface area contributed by atoms with E-state index in [9.17, 15) is 9.59 Å². The second kappa shape index (κ2) is 6.88. The Labute approximate surface area is 144 Å². The minimum Gasteiger partial charge on any atom is -0.382 e. The van der Waals surface area contributed by atoms with Crippen molar-refractivity contribution in [3.63, 3.8) is 0 Å². The first-order valence-electron chi connectivity index (χ1n) is 7.26. The van der Waals surface area contributed by atoms with Crippen LogP contribution in [0.5, 0.6) is 0 Å². The summed E-state index contributed by atoms with van der Waals surface area (Å²) in [6, 6.07) is 2.97. The Hall–Kier alpha value is -1.60. The Morgan fingerprint density at radius 2 is 2.13 bits per heavy atom. The lowest BCUT2D eigenvalue weighted by atomic mass is 10.1. The number of hydrogen-bond acceptors (Lipinski definition) is 5. The molecule has 0 aromatic carbocycles. The van der Waals surface area contributed by atoms with Crippen LogP contribution in [0.1, 0.15) is 39.0 Å². The van der Waals surface area contributed by atoms with Crippen molar-refractivity contribution in [3.8, 4) is 0 Å². The van der Waals surface area contributed by atoms with Crippen molar-refractivity contribution in [1.29, 1.82) is 0 Å². The van der Waals surface area contributed by atoms with Crippen molar-refractivity contribution in [3.05, 3.63) is 21.3 Å². The summed E-state index contributed by atoms with van der Waals surface area (Å²) in [4.78, 5) is 30.2. The lowest BCUT2D eigenvalue weighted by Gasteiger charge is -2.24. The summed E-state index contributed by atoms with van der Waals surface area (Å²) < 4.78 is 0.656. The van der Waals surface area contributed by atoms with Gasteiger partial charge >= 0.3 is 0 Å². The second-order valence-electron chi connectivity index (χ2n) is 6.41. The molecule has 6 nitrogen and oxygen atoms in total. The first-order valence-corrected chi connectivity index (χ1v) is 8.46. The van der Waals surface area contributed by atoms with Gasteiger partial charge in [-0.05, 0) is 39.8 Å². The third-order valence-electron chi connectivity index (χ3n) is 3.07. The molecule has 0 saturated heterocycles. The molecular weight excluding hydrogens is 338 g/mol. The predicted molar refractivity (Wildman–Crippen MR) is 90.9 cm³/mol. The summed E-state index contributed by atoms with van der Waals surface area (Å²) in [7, 11) is 0. The smallest absolute Gasteiger partial charge is 0.264 e. The molecule has 2 atom stereocenters. The number of oxime groups is 1. The highest BCUT2D eigenvalue weighted by molar-refractivity contribution is 7.18. The zero-order chi connectivity index (χ0) is 17.2. The van der Waals surface area contributed by atoms with Gasteiger partial charge in [0.1, 0.15) is 11.8 Å². The summed E-state index contributed by atoms with van der Waals surface area (Å²) in [5.41, 5.74) is 0.336. The Bertz CT molecular complexity index is 636. The molecule has 8 heteroatoms. The molecule has 1 aromatic heterocycles. The molecule has 126 valence electrons. The van der Waals surface area contributed by atoms with E-state index in [0.29, 0.717) is 16.5 Å². The summed E-state index contributed by atoms with van der Waals surface area (Å²) in [6.45, 7) is 7.28. The van der Waals surface area contributed by atoms with Crippen LogP contribution in [0.25, 0.3) is 0 Å². The van der Waals surface area contributed by atoms with E-state index in [1.807, 2.05) is 26.8 Å². The third-order valence-corrected chi connectivity index (χ3v) is 4.35. The number of rotatable bonds is 4. The van der Waals surface area contributed by atoms with Gasteiger partial charge in [-0.15, -0.1) is 11.3 Å². The van der Waals surface area contributed by atoms with Gasteiger partial charge in [0.05, 0.1) is 9.21 Å². The fraction of sp³-hybridized carbons (Fsp3) is 0.533. The van der Waals surface area contributed by atoms with E-state index in [4.69, 9.17) is 16.4 Å². The van der Waals surface area contributed by atoms with Gasteiger partial charge < -0.3 is 15.5 Å². The van der Waals surface area contributed by atoms with Crippen LogP contribution >= 0.6 is 22.9 Å². The number of nitrogens with one attached hydrogen (secondary N) is 2. The number of nitrogens with zero attached hydrogens (tertiary/aromatic N) is 1. The Kier molecular flexibility index (Phi) is 5.31. The van der Waals surface area contributed by atoms with Crippen LogP contribution in [0, 0.1) is 0 Å². The van der Waals surface area contributed by atoms with Gasteiger partial charge in [0.15, 0.2) is 0 Å². The molecule has 1 aromatic rings. The topological polar surface area (TPSA) is 79.8 Å². The monoisotopic (exact) mass is 357 g/mol.